The minimum atomic E-state index is -0.685. The number of nitrogens with one attached hydrogen (secondary N) is 1. The Labute approximate surface area is 125 Å². The second-order valence-electron chi connectivity index (χ2n) is 4.94. The Morgan fingerprint density at radius 2 is 2.14 bits per heavy atom. The molecule has 5 nitrogen and oxygen atoms in total. The molecule has 0 unspecified atom stereocenters. The van der Waals surface area contributed by atoms with E-state index in [-0.39, 0.29) is 29.8 Å². The van der Waals surface area contributed by atoms with Gasteiger partial charge in [0.2, 0.25) is 0 Å². The van der Waals surface area contributed by atoms with E-state index in [1.165, 1.54) is 12.1 Å². The van der Waals surface area contributed by atoms with Gasteiger partial charge >= 0.3 is 0 Å². The molecule has 0 aliphatic heterocycles. The first-order chi connectivity index (χ1) is 10.6. The number of hydrogen-bond acceptors (Lipinski definition) is 3. The first-order valence-electron chi connectivity index (χ1n) is 6.72. The molecule has 0 saturated heterocycles. The molecule has 0 radical (unpaired) electrons. The summed E-state index contributed by atoms with van der Waals surface area (Å²) in [4.78, 5) is 0. The summed E-state index contributed by atoms with van der Waals surface area (Å²) in [6.45, 7) is -0.202. The third-order valence-electron chi connectivity index (χ3n) is 3.40. The monoisotopic (exact) mass is 304 g/mol. The summed E-state index contributed by atoms with van der Waals surface area (Å²) in [5, 5.41) is 19.7. The lowest BCUT2D eigenvalue weighted by Gasteiger charge is -2.07. The number of aliphatic hydroxyl groups is 1. The quantitative estimate of drug-likeness (QED) is 0.777. The van der Waals surface area contributed by atoms with Crippen LogP contribution in [0.15, 0.2) is 30.6 Å². The molecule has 3 aromatic rings. The zero-order chi connectivity index (χ0) is 15.7. The first kappa shape index (κ1) is 14.4. The molecule has 2 heterocycles. The van der Waals surface area contributed by atoms with Crippen molar-refractivity contribution >= 4 is 0 Å². The van der Waals surface area contributed by atoms with Gasteiger partial charge in [-0.15, -0.1) is 0 Å². The molecule has 2 N–H and O–H groups in total. The molecule has 0 aliphatic carbocycles. The Kier molecular flexibility index (Phi) is 3.72. The van der Waals surface area contributed by atoms with E-state index in [1.54, 1.807) is 30.2 Å². The molecule has 0 bridgehead atoms. The third-order valence-corrected chi connectivity index (χ3v) is 3.40. The zero-order valence-corrected chi connectivity index (χ0v) is 11.8. The lowest BCUT2D eigenvalue weighted by molar-refractivity contribution is 0.297. The van der Waals surface area contributed by atoms with Crippen LogP contribution in [0.2, 0.25) is 0 Å². The van der Waals surface area contributed by atoms with E-state index in [4.69, 9.17) is 5.11 Å². The van der Waals surface area contributed by atoms with Crippen molar-refractivity contribution in [1.82, 2.24) is 20.0 Å². The minimum Gasteiger partial charge on any atom is -0.396 e. The maximum absolute atomic E-state index is 14.4. The van der Waals surface area contributed by atoms with Crippen molar-refractivity contribution in [3.8, 4) is 22.5 Å². The molecule has 0 saturated carbocycles. The number of aromatic amines is 1. The van der Waals surface area contributed by atoms with E-state index >= 15 is 0 Å². The molecule has 2 aromatic heterocycles. The Bertz CT molecular complexity index is 810. The highest BCUT2D eigenvalue weighted by Crippen LogP contribution is 2.29. The molecule has 0 aliphatic rings. The van der Waals surface area contributed by atoms with E-state index in [0.717, 1.165) is 5.56 Å². The van der Waals surface area contributed by atoms with Gasteiger partial charge in [-0.3, -0.25) is 9.78 Å². The van der Waals surface area contributed by atoms with Crippen molar-refractivity contribution in [3.63, 3.8) is 0 Å². The lowest BCUT2D eigenvalue weighted by Crippen LogP contribution is -1.99. The minimum absolute atomic E-state index is 0.128. The van der Waals surface area contributed by atoms with Crippen LogP contribution in [-0.4, -0.2) is 31.7 Å². The maximum Gasteiger partial charge on any atom is 0.138 e. The number of benzene rings is 1. The van der Waals surface area contributed by atoms with Gasteiger partial charge in [-0.25, -0.2) is 8.78 Å². The van der Waals surface area contributed by atoms with Gasteiger partial charge in [0.05, 0.1) is 23.1 Å². The van der Waals surface area contributed by atoms with Gasteiger partial charge in [0, 0.05) is 25.4 Å². The number of rotatable bonds is 4. The molecule has 114 valence electrons. The van der Waals surface area contributed by atoms with Gasteiger partial charge < -0.3 is 5.11 Å². The van der Waals surface area contributed by atoms with E-state index in [2.05, 4.69) is 15.3 Å². The van der Waals surface area contributed by atoms with E-state index in [9.17, 15) is 8.78 Å². The summed E-state index contributed by atoms with van der Waals surface area (Å²) in [6, 6.07) is 4.10. The zero-order valence-electron chi connectivity index (χ0n) is 11.8. The topological polar surface area (TPSA) is 66.7 Å². The smallest absolute Gasteiger partial charge is 0.138 e. The number of H-pyrrole nitrogens is 1. The number of aromatic nitrogens is 4. The van der Waals surface area contributed by atoms with Crippen LogP contribution in [0.3, 0.4) is 0 Å². The second-order valence-corrected chi connectivity index (χ2v) is 4.94. The predicted molar refractivity (Wildman–Crippen MR) is 76.9 cm³/mol. The second kappa shape index (κ2) is 5.69. The molecule has 0 atom stereocenters. The average Bonchev–Trinajstić information content (AvgIpc) is 3.11. The van der Waals surface area contributed by atoms with Gasteiger partial charge in [0.25, 0.3) is 0 Å². The van der Waals surface area contributed by atoms with Crippen molar-refractivity contribution in [2.75, 3.05) is 6.61 Å². The summed E-state index contributed by atoms with van der Waals surface area (Å²) in [5.41, 5.74) is 1.63. The summed E-state index contributed by atoms with van der Waals surface area (Å²) < 4.78 is 30.0. The van der Waals surface area contributed by atoms with Crippen molar-refractivity contribution in [3.05, 3.63) is 47.8 Å². The Balaban J connectivity index is 2.05. The number of hydrogen-bond donors (Lipinski definition) is 2. The van der Waals surface area contributed by atoms with E-state index in [0.29, 0.717) is 5.69 Å². The van der Waals surface area contributed by atoms with Crippen LogP contribution in [0.4, 0.5) is 8.78 Å². The standard InChI is InChI=1S/C15H14F2N4O/c1-21-8-10(7-18-21)12-6-13(20-19-12)14-11(16)3-2-9(4-5-22)15(14)17/h2-3,6-8,22H,4-5H2,1H3,(H,19,20). The fourth-order valence-electron chi connectivity index (χ4n) is 2.31. The highest BCUT2D eigenvalue weighted by molar-refractivity contribution is 5.68. The van der Waals surface area contributed by atoms with Crippen LogP contribution >= 0.6 is 0 Å². The number of halogens is 2. The molecule has 3 rings (SSSR count). The highest BCUT2D eigenvalue weighted by Gasteiger charge is 2.18. The molecule has 0 amide bonds. The summed E-state index contributed by atoms with van der Waals surface area (Å²) in [7, 11) is 1.77. The van der Waals surface area contributed by atoms with E-state index in [1.807, 2.05) is 0 Å². The van der Waals surface area contributed by atoms with Gasteiger partial charge in [0.15, 0.2) is 0 Å². The first-order valence-corrected chi connectivity index (χ1v) is 6.72. The lowest BCUT2D eigenvalue weighted by atomic mass is 10.0. The van der Waals surface area contributed by atoms with Crippen LogP contribution in [-0.2, 0) is 13.5 Å². The van der Waals surface area contributed by atoms with Crippen molar-refractivity contribution in [2.45, 2.75) is 6.42 Å². The predicted octanol–water partition coefficient (Wildman–Crippen LogP) is 2.29. The van der Waals surface area contributed by atoms with Gasteiger partial charge in [-0.1, -0.05) is 6.07 Å². The van der Waals surface area contributed by atoms with Crippen molar-refractivity contribution in [1.29, 1.82) is 0 Å². The third kappa shape index (κ3) is 2.50. The molecule has 1 aromatic carbocycles. The summed E-state index contributed by atoms with van der Waals surface area (Å²) in [6.07, 6.45) is 3.51. The Morgan fingerprint density at radius 3 is 2.82 bits per heavy atom. The fourth-order valence-corrected chi connectivity index (χ4v) is 2.31. The van der Waals surface area contributed by atoms with Crippen LogP contribution in [0.1, 0.15) is 5.56 Å². The van der Waals surface area contributed by atoms with Crippen LogP contribution in [0.5, 0.6) is 0 Å². The van der Waals surface area contributed by atoms with Crippen LogP contribution in [0.25, 0.3) is 22.5 Å². The largest absolute Gasteiger partial charge is 0.396 e. The summed E-state index contributed by atoms with van der Waals surface area (Å²) >= 11 is 0. The summed E-state index contributed by atoms with van der Waals surface area (Å²) in [5.74, 6) is -1.36. The molecule has 7 heteroatoms. The Hall–Kier alpha value is -2.54. The molecule has 0 spiro atoms. The SMILES string of the molecule is Cn1cc(-c2cc(-c3c(F)ccc(CCO)c3F)[nH]n2)cn1. The number of aliphatic hydroxyl groups excluding tert-OH is 1. The van der Waals surface area contributed by atoms with Gasteiger partial charge in [0.1, 0.15) is 11.6 Å². The number of nitrogens with zero attached hydrogens (tertiary/aromatic N) is 3. The van der Waals surface area contributed by atoms with Gasteiger partial charge in [-0.05, 0) is 24.1 Å². The fraction of sp³-hybridized carbons (Fsp3) is 0.200. The highest BCUT2D eigenvalue weighted by atomic mass is 19.1. The maximum atomic E-state index is 14.4. The van der Waals surface area contributed by atoms with E-state index < -0.39 is 11.6 Å². The Morgan fingerprint density at radius 1 is 1.32 bits per heavy atom. The van der Waals surface area contributed by atoms with Crippen molar-refractivity contribution < 1.29 is 13.9 Å². The van der Waals surface area contributed by atoms with Crippen LogP contribution < -0.4 is 0 Å². The molecular weight excluding hydrogens is 290 g/mol. The molecule has 22 heavy (non-hydrogen) atoms. The van der Waals surface area contributed by atoms with Gasteiger partial charge in [-0.2, -0.15) is 10.2 Å². The molecular formula is C15H14F2N4O. The normalized spacial score (nSPS) is 11.1. The molecule has 0 fully saturated rings. The average molecular weight is 304 g/mol. The number of aryl methyl sites for hydroxylation is 1. The van der Waals surface area contributed by atoms with Crippen molar-refractivity contribution in [2.24, 2.45) is 7.05 Å². The van der Waals surface area contributed by atoms with Crippen LogP contribution in [0, 0.1) is 11.6 Å².